The van der Waals surface area contributed by atoms with Crippen molar-refractivity contribution in [2.75, 3.05) is 10.6 Å². The number of hydrogen-bond acceptors (Lipinski definition) is 3. The summed E-state index contributed by atoms with van der Waals surface area (Å²) < 4.78 is 47.7. The zero-order valence-corrected chi connectivity index (χ0v) is 11.5. The first-order chi connectivity index (χ1) is 8.39. The molecule has 1 rings (SSSR count). The summed E-state index contributed by atoms with van der Waals surface area (Å²) in [6.45, 7) is 0. The van der Waals surface area contributed by atoms with Gasteiger partial charge in [0, 0.05) is 11.8 Å². The molecule has 0 aliphatic heterocycles. The van der Waals surface area contributed by atoms with E-state index < -0.39 is 26.4 Å². The first kappa shape index (κ1) is 15.0. The van der Waals surface area contributed by atoms with Gasteiger partial charge in [0.15, 0.2) is 0 Å². The quantitative estimate of drug-likeness (QED) is 0.836. The highest BCUT2D eigenvalue weighted by molar-refractivity contribution is 9.09. The third kappa shape index (κ3) is 3.49. The number of carbonyl (C=O) groups excluding carboxylic acids is 1. The minimum atomic E-state index is -4.73. The second-order valence-electron chi connectivity index (χ2n) is 3.29. The van der Waals surface area contributed by atoms with E-state index >= 15 is 0 Å². The Hall–Kier alpha value is -1.02. The largest absolute Gasteiger partial charge is 0.341 e. The van der Waals surface area contributed by atoms with Gasteiger partial charge in [-0.2, -0.15) is 8.78 Å². The maximum absolute atomic E-state index is 12.5. The summed E-state index contributed by atoms with van der Waals surface area (Å²) in [6, 6.07) is 5.07. The molecule has 0 radical (unpaired) electrons. The monoisotopic (exact) mass is 341 g/mol. The number of halogens is 3. The second-order valence-corrected chi connectivity index (χ2v) is 5.97. The number of carbonyl (C=O) groups is 1. The van der Waals surface area contributed by atoms with Gasteiger partial charge in [0.05, 0.1) is 10.6 Å². The number of hydrogen-bond donors (Lipinski definition) is 1. The molecule has 1 amide bonds. The topological polar surface area (TPSA) is 63.2 Å². The van der Waals surface area contributed by atoms with Crippen molar-refractivity contribution in [2.24, 2.45) is 0 Å². The number of para-hydroxylation sites is 1. The average Bonchev–Trinajstić information content (AvgIpc) is 2.29. The first-order valence-electron chi connectivity index (χ1n) is 4.86. The number of benzene rings is 1. The number of rotatable bonds is 5. The Labute approximate surface area is 111 Å². The molecule has 18 heavy (non-hydrogen) atoms. The molecular weight excluding hydrogens is 332 g/mol. The van der Waals surface area contributed by atoms with E-state index in [1.54, 1.807) is 0 Å². The molecule has 0 heterocycles. The van der Waals surface area contributed by atoms with Crippen molar-refractivity contribution >= 4 is 37.4 Å². The van der Waals surface area contributed by atoms with Crippen LogP contribution in [-0.2, 0) is 14.6 Å². The van der Waals surface area contributed by atoms with Crippen molar-refractivity contribution in [1.82, 2.24) is 0 Å². The summed E-state index contributed by atoms with van der Waals surface area (Å²) in [6.07, 6.45) is 0.114. The van der Waals surface area contributed by atoms with Crippen LogP contribution in [0.3, 0.4) is 0 Å². The number of nitrogens with one attached hydrogen (secondary N) is 1. The van der Waals surface area contributed by atoms with Gasteiger partial charge in [-0.25, -0.2) is 8.42 Å². The van der Waals surface area contributed by atoms with Gasteiger partial charge in [-0.3, -0.25) is 4.79 Å². The molecule has 0 atom stereocenters. The lowest BCUT2D eigenvalue weighted by atomic mass is 10.3. The standard InChI is InChI=1S/C10H10BrF2NO3S/c11-6-5-9(15)14-7-3-1-2-4-8(7)18(16,17)10(12)13/h1-4,10H,5-6H2,(H,14,15). The smallest absolute Gasteiger partial charge is 0.325 e. The molecule has 0 saturated carbocycles. The van der Waals surface area contributed by atoms with Gasteiger partial charge < -0.3 is 5.32 Å². The van der Waals surface area contributed by atoms with Crippen LogP contribution in [0.5, 0.6) is 0 Å². The summed E-state index contributed by atoms with van der Waals surface area (Å²) in [5.41, 5.74) is -0.135. The third-order valence-corrected chi connectivity index (χ3v) is 3.86. The molecule has 0 unspecified atom stereocenters. The summed E-state index contributed by atoms with van der Waals surface area (Å²) in [4.78, 5) is 10.8. The Bertz CT molecular complexity index is 534. The predicted molar refractivity (Wildman–Crippen MR) is 66.7 cm³/mol. The van der Waals surface area contributed by atoms with Crippen LogP contribution in [0.1, 0.15) is 6.42 Å². The molecule has 0 fully saturated rings. The minimum Gasteiger partial charge on any atom is -0.325 e. The molecular formula is C10H10BrF2NO3S. The molecule has 0 aliphatic carbocycles. The molecule has 0 aliphatic rings. The van der Waals surface area contributed by atoms with Crippen molar-refractivity contribution in [2.45, 2.75) is 17.1 Å². The molecule has 1 N–H and O–H groups in total. The summed E-state index contributed by atoms with van der Waals surface area (Å²) >= 11 is 3.05. The Morgan fingerprint density at radius 2 is 1.94 bits per heavy atom. The van der Waals surface area contributed by atoms with E-state index in [-0.39, 0.29) is 12.1 Å². The van der Waals surface area contributed by atoms with Crippen LogP contribution < -0.4 is 5.32 Å². The van der Waals surface area contributed by atoms with Gasteiger partial charge in [0.1, 0.15) is 0 Å². The Morgan fingerprint density at radius 3 is 2.50 bits per heavy atom. The summed E-state index contributed by atoms with van der Waals surface area (Å²) in [5.74, 6) is -3.98. The van der Waals surface area contributed by atoms with E-state index in [2.05, 4.69) is 21.2 Å². The Kier molecular flexibility index (Phi) is 5.21. The van der Waals surface area contributed by atoms with Crippen LogP contribution in [0.15, 0.2) is 29.2 Å². The molecule has 1 aromatic carbocycles. The lowest BCUT2D eigenvalue weighted by molar-refractivity contribution is -0.115. The van der Waals surface area contributed by atoms with E-state index in [1.807, 2.05) is 0 Å². The predicted octanol–water partition coefficient (Wildman–Crippen LogP) is 2.41. The summed E-state index contributed by atoms with van der Waals surface area (Å²) in [7, 11) is -4.73. The minimum absolute atomic E-state index is 0.114. The maximum atomic E-state index is 12.5. The van der Waals surface area contributed by atoms with Gasteiger partial charge in [0.25, 0.3) is 0 Å². The van der Waals surface area contributed by atoms with Gasteiger partial charge in [0.2, 0.25) is 15.7 Å². The van der Waals surface area contributed by atoms with Crippen LogP contribution in [-0.4, -0.2) is 25.4 Å². The fourth-order valence-corrected chi connectivity index (χ4v) is 2.46. The highest BCUT2D eigenvalue weighted by Crippen LogP contribution is 2.26. The van der Waals surface area contributed by atoms with E-state index in [0.29, 0.717) is 5.33 Å². The van der Waals surface area contributed by atoms with Gasteiger partial charge in [-0.15, -0.1) is 0 Å². The van der Waals surface area contributed by atoms with Gasteiger partial charge in [-0.1, -0.05) is 28.1 Å². The fourth-order valence-electron chi connectivity index (χ4n) is 1.21. The fraction of sp³-hybridized carbons (Fsp3) is 0.300. The van der Waals surface area contributed by atoms with Crippen LogP contribution >= 0.6 is 15.9 Å². The van der Waals surface area contributed by atoms with Crippen LogP contribution in [0.2, 0.25) is 0 Å². The van der Waals surface area contributed by atoms with Crippen LogP contribution in [0.4, 0.5) is 14.5 Å². The van der Waals surface area contributed by atoms with Crippen molar-refractivity contribution < 1.29 is 22.0 Å². The van der Waals surface area contributed by atoms with Crippen LogP contribution in [0.25, 0.3) is 0 Å². The lowest BCUT2D eigenvalue weighted by Gasteiger charge is -2.10. The zero-order valence-electron chi connectivity index (χ0n) is 9.07. The van der Waals surface area contributed by atoms with E-state index in [9.17, 15) is 22.0 Å². The van der Waals surface area contributed by atoms with Crippen molar-refractivity contribution in [3.63, 3.8) is 0 Å². The lowest BCUT2D eigenvalue weighted by Crippen LogP contribution is -2.17. The second kappa shape index (κ2) is 6.24. The highest BCUT2D eigenvalue weighted by Gasteiger charge is 2.29. The first-order valence-corrected chi connectivity index (χ1v) is 7.53. The van der Waals surface area contributed by atoms with E-state index in [0.717, 1.165) is 6.07 Å². The molecule has 1 aromatic rings. The van der Waals surface area contributed by atoms with Crippen LogP contribution in [0, 0.1) is 0 Å². The maximum Gasteiger partial charge on any atom is 0.341 e. The normalized spacial score (nSPS) is 11.6. The van der Waals surface area contributed by atoms with E-state index in [1.165, 1.54) is 18.2 Å². The number of amides is 1. The highest BCUT2D eigenvalue weighted by atomic mass is 79.9. The molecule has 0 aromatic heterocycles. The molecule has 4 nitrogen and oxygen atoms in total. The van der Waals surface area contributed by atoms with Crippen molar-refractivity contribution in [1.29, 1.82) is 0 Å². The SMILES string of the molecule is O=C(CCBr)Nc1ccccc1S(=O)(=O)C(F)F. The van der Waals surface area contributed by atoms with Crippen molar-refractivity contribution in [3.05, 3.63) is 24.3 Å². The number of anilines is 1. The average molecular weight is 342 g/mol. The van der Waals surface area contributed by atoms with Gasteiger partial charge >= 0.3 is 5.76 Å². The number of sulfone groups is 1. The van der Waals surface area contributed by atoms with E-state index in [4.69, 9.17) is 0 Å². The number of alkyl halides is 3. The molecule has 100 valence electrons. The molecule has 8 heteroatoms. The Morgan fingerprint density at radius 1 is 1.33 bits per heavy atom. The summed E-state index contributed by atoms with van der Waals surface area (Å²) in [5, 5.41) is 2.68. The molecule has 0 spiro atoms. The van der Waals surface area contributed by atoms with Gasteiger partial charge in [-0.05, 0) is 12.1 Å². The Balaban J connectivity index is 3.12. The zero-order chi connectivity index (χ0) is 13.8. The third-order valence-electron chi connectivity index (χ3n) is 2.02. The molecule has 0 bridgehead atoms. The van der Waals surface area contributed by atoms with Crippen molar-refractivity contribution in [3.8, 4) is 0 Å². The molecule has 0 saturated heterocycles.